The number of piperidine rings is 1. The normalized spacial score (nSPS) is 24.7. The first-order valence-electron chi connectivity index (χ1n) is 7.67. The highest BCUT2D eigenvalue weighted by Crippen LogP contribution is 2.30. The molecule has 1 aromatic rings. The van der Waals surface area contributed by atoms with Crippen LogP contribution in [-0.2, 0) is 10.0 Å². The van der Waals surface area contributed by atoms with E-state index in [4.69, 9.17) is 0 Å². The van der Waals surface area contributed by atoms with Crippen molar-refractivity contribution in [3.63, 3.8) is 0 Å². The molecule has 0 radical (unpaired) electrons. The smallest absolute Gasteiger partial charge is 0.248 e. The van der Waals surface area contributed by atoms with E-state index in [-0.39, 0.29) is 0 Å². The summed E-state index contributed by atoms with van der Waals surface area (Å²) in [5, 5.41) is 3.44. The molecule has 4 nitrogen and oxygen atoms in total. The van der Waals surface area contributed by atoms with Gasteiger partial charge >= 0.3 is 0 Å². The minimum atomic E-state index is -4.11. The number of sulfonamides is 1. The molecule has 0 saturated carbocycles. The quantitative estimate of drug-likeness (QED) is 0.923. The van der Waals surface area contributed by atoms with Crippen LogP contribution < -0.4 is 5.32 Å². The third kappa shape index (κ3) is 2.89. The molecule has 0 spiro atoms. The summed E-state index contributed by atoms with van der Waals surface area (Å²) < 4.78 is 53.7. The maximum Gasteiger partial charge on any atom is 0.248 e. The van der Waals surface area contributed by atoms with Crippen LogP contribution in [0.15, 0.2) is 23.1 Å². The van der Waals surface area contributed by atoms with Crippen molar-refractivity contribution in [3.05, 3.63) is 29.8 Å². The highest BCUT2D eigenvalue weighted by molar-refractivity contribution is 7.89. The van der Waals surface area contributed by atoms with Crippen molar-refractivity contribution in [1.82, 2.24) is 9.62 Å². The van der Waals surface area contributed by atoms with Crippen molar-refractivity contribution in [2.45, 2.75) is 36.6 Å². The fourth-order valence-corrected chi connectivity index (χ4v) is 5.07. The maximum atomic E-state index is 13.8. The number of hydrogen-bond donors (Lipinski definition) is 1. The van der Waals surface area contributed by atoms with Gasteiger partial charge in [0.1, 0.15) is 11.6 Å². The highest BCUT2D eigenvalue weighted by Gasteiger charge is 2.35. The van der Waals surface area contributed by atoms with Crippen LogP contribution in [0.5, 0.6) is 0 Å². The molecule has 2 aliphatic rings. The predicted octanol–water partition coefficient (Wildman–Crippen LogP) is 2.12. The zero-order valence-electron chi connectivity index (χ0n) is 12.3. The van der Waals surface area contributed by atoms with Gasteiger partial charge in [-0.25, -0.2) is 17.2 Å². The Labute approximate surface area is 129 Å². The van der Waals surface area contributed by atoms with Crippen LogP contribution in [0.25, 0.3) is 0 Å². The Bertz CT molecular complexity index is 617. The van der Waals surface area contributed by atoms with Gasteiger partial charge in [0.15, 0.2) is 4.90 Å². The average molecular weight is 330 g/mol. The topological polar surface area (TPSA) is 49.4 Å². The fraction of sp³-hybridized carbons (Fsp3) is 0.600. The van der Waals surface area contributed by atoms with Crippen LogP contribution >= 0.6 is 0 Å². The van der Waals surface area contributed by atoms with Crippen LogP contribution in [0.1, 0.15) is 25.7 Å². The van der Waals surface area contributed by atoms with E-state index in [1.807, 2.05) is 0 Å². The number of nitrogens with zero attached hydrogens (tertiary/aromatic N) is 1. The van der Waals surface area contributed by atoms with Crippen LogP contribution in [-0.4, -0.2) is 38.4 Å². The molecule has 22 heavy (non-hydrogen) atoms. The molecule has 7 heteroatoms. The number of benzene rings is 1. The van der Waals surface area contributed by atoms with Gasteiger partial charge in [-0.15, -0.1) is 0 Å². The molecule has 2 fully saturated rings. The molecule has 1 atom stereocenters. The summed E-state index contributed by atoms with van der Waals surface area (Å²) in [4.78, 5) is -0.826. The molecule has 0 amide bonds. The average Bonchev–Trinajstić information content (AvgIpc) is 3.01. The molecule has 122 valence electrons. The van der Waals surface area contributed by atoms with Gasteiger partial charge in [0, 0.05) is 19.1 Å². The van der Waals surface area contributed by atoms with E-state index in [1.54, 1.807) is 0 Å². The van der Waals surface area contributed by atoms with Crippen molar-refractivity contribution in [1.29, 1.82) is 0 Å². The van der Waals surface area contributed by atoms with Gasteiger partial charge in [-0.05, 0) is 50.3 Å². The fourth-order valence-electron chi connectivity index (χ4n) is 3.49. The van der Waals surface area contributed by atoms with E-state index in [0.717, 1.165) is 44.4 Å². The molecular formula is C15H20F2N2O2S. The summed E-state index contributed by atoms with van der Waals surface area (Å²) in [5.74, 6) is -1.61. The lowest BCUT2D eigenvalue weighted by Gasteiger charge is -2.34. The van der Waals surface area contributed by atoms with Crippen LogP contribution in [0.4, 0.5) is 8.78 Å². The molecule has 0 bridgehead atoms. The zero-order valence-corrected chi connectivity index (χ0v) is 13.1. The Morgan fingerprint density at radius 2 is 1.73 bits per heavy atom. The monoisotopic (exact) mass is 330 g/mol. The Morgan fingerprint density at radius 3 is 2.27 bits per heavy atom. The Kier molecular flexibility index (Phi) is 4.47. The van der Waals surface area contributed by atoms with Gasteiger partial charge in [-0.3, -0.25) is 0 Å². The first kappa shape index (κ1) is 15.8. The van der Waals surface area contributed by atoms with Crippen molar-refractivity contribution in [2.24, 2.45) is 5.92 Å². The standard InChI is InChI=1S/C15H20F2N2O2S/c16-12-3-1-4-13(17)15(12)22(20,21)19-9-6-11(7-10-19)14-5-2-8-18-14/h1,3-4,11,14,18H,2,5-10H2. The second kappa shape index (κ2) is 6.22. The molecule has 0 aromatic heterocycles. The second-order valence-electron chi connectivity index (χ2n) is 6.00. The lowest BCUT2D eigenvalue weighted by molar-refractivity contribution is 0.233. The van der Waals surface area contributed by atoms with Gasteiger partial charge in [0.05, 0.1) is 0 Å². The lowest BCUT2D eigenvalue weighted by atomic mass is 9.89. The summed E-state index contributed by atoms with van der Waals surface area (Å²) in [6.07, 6.45) is 3.74. The molecule has 1 aromatic carbocycles. The molecule has 2 heterocycles. The molecule has 1 N–H and O–H groups in total. The Balaban J connectivity index is 1.74. The number of halogens is 2. The first-order valence-corrected chi connectivity index (χ1v) is 9.11. The summed E-state index contributed by atoms with van der Waals surface area (Å²) >= 11 is 0. The largest absolute Gasteiger partial charge is 0.314 e. The minimum Gasteiger partial charge on any atom is -0.314 e. The van der Waals surface area contributed by atoms with Crippen LogP contribution in [0.3, 0.4) is 0 Å². The van der Waals surface area contributed by atoms with E-state index >= 15 is 0 Å². The number of rotatable bonds is 3. The lowest BCUT2D eigenvalue weighted by Crippen LogP contribution is -2.43. The maximum absolute atomic E-state index is 13.8. The summed E-state index contributed by atoms with van der Waals surface area (Å²) in [7, 11) is -4.11. The highest BCUT2D eigenvalue weighted by atomic mass is 32.2. The summed E-state index contributed by atoms with van der Waals surface area (Å²) in [6.45, 7) is 1.65. The van der Waals surface area contributed by atoms with E-state index in [9.17, 15) is 17.2 Å². The molecule has 1 unspecified atom stereocenters. The van der Waals surface area contributed by atoms with Gasteiger partial charge < -0.3 is 5.32 Å². The number of hydrogen-bond acceptors (Lipinski definition) is 3. The molecule has 2 aliphatic heterocycles. The SMILES string of the molecule is O=S(=O)(c1c(F)cccc1F)N1CCC(C2CCCN2)CC1. The molecule has 2 saturated heterocycles. The van der Waals surface area contributed by atoms with Crippen molar-refractivity contribution in [3.8, 4) is 0 Å². The van der Waals surface area contributed by atoms with E-state index in [1.165, 1.54) is 10.4 Å². The Hall–Kier alpha value is -1.05. The summed E-state index contributed by atoms with van der Waals surface area (Å²) in [6, 6.07) is 3.58. The van der Waals surface area contributed by atoms with Gasteiger partial charge in [-0.2, -0.15) is 4.31 Å². The second-order valence-corrected chi connectivity index (χ2v) is 7.87. The third-order valence-electron chi connectivity index (χ3n) is 4.68. The minimum absolute atomic E-state index is 0.318. The van der Waals surface area contributed by atoms with Crippen molar-refractivity contribution in [2.75, 3.05) is 19.6 Å². The van der Waals surface area contributed by atoms with Crippen LogP contribution in [0, 0.1) is 17.6 Å². The molecule has 3 rings (SSSR count). The zero-order chi connectivity index (χ0) is 15.7. The van der Waals surface area contributed by atoms with E-state index < -0.39 is 26.6 Å². The van der Waals surface area contributed by atoms with E-state index in [2.05, 4.69) is 5.32 Å². The molecule has 0 aliphatic carbocycles. The van der Waals surface area contributed by atoms with Crippen LogP contribution in [0.2, 0.25) is 0 Å². The van der Waals surface area contributed by atoms with E-state index in [0.29, 0.717) is 25.0 Å². The number of nitrogens with one attached hydrogen (secondary N) is 1. The summed E-state index contributed by atoms with van der Waals surface area (Å²) in [5.41, 5.74) is 0. The predicted molar refractivity (Wildman–Crippen MR) is 78.9 cm³/mol. The first-order chi connectivity index (χ1) is 10.5. The van der Waals surface area contributed by atoms with Gasteiger partial charge in [0.2, 0.25) is 10.0 Å². The van der Waals surface area contributed by atoms with Crippen molar-refractivity contribution >= 4 is 10.0 Å². The van der Waals surface area contributed by atoms with Gasteiger partial charge in [0.25, 0.3) is 0 Å². The van der Waals surface area contributed by atoms with Crippen molar-refractivity contribution < 1.29 is 17.2 Å². The third-order valence-corrected chi connectivity index (χ3v) is 6.63. The van der Waals surface area contributed by atoms with Gasteiger partial charge in [-0.1, -0.05) is 6.07 Å². The molecular weight excluding hydrogens is 310 g/mol. The Morgan fingerprint density at radius 1 is 1.09 bits per heavy atom.